The average Bonchev–Trinajstić information content (AvgIpc) is 2.34. The van der Waals surface area contributed by atoms with Crippen LogP contribution in [-0.4, -0.2) is 10.8 Å². The highest BCUT2D eigenvalue weighted by Crippen LogP contribution is 2.22. The Morgan fingerprint density at radius 1 is 1.29 bits per heavy atom. The molecule has 0 aliphatic heterocycles. The summed E-state index contributed by atoms with van der Waals surface area (Å²) in [6.45, 7) is 0. The molecule has 0 radical (unpaired) electrons. The minimum Gasteiger partial charge on any atom is -0.292 e. The molecule has 4 heteroatoms. The van der Waals surface area contributed by atoms with Crippen LogP contribution in [0.4, 0.5) is 0 Å². The van der Waals surface area contributed by atoms with Crippen LogP contribution in [0.5, 0.6) is 0 Å². The summed E-state index contributed by atoms with van der Waals surface area (Å²) in [5, 5.41) is 0.587. The van der Waals surface area contributed by atoms with E-state index in [4.69, 9.17) is 11.6 Å². The summed E-state index contributed by atoms with van der Waals surface area (Å²) in [7, 11) is 0. The highest BCUT2D eigenvalue weighted by Gasteiger charge is 2.10. The number of carbonyl (C=O) groups excluding carboxylic acids is 1. The van der Waals surface area contributed by atoms with Gasteiger partial charge in [-0.2, -0.15) is 0 Å². The van der Waals surface area contributed by atoms with Crippen LogP contribution in [0.25, 0.3) is 0 Å². The predicted octanol–water partition coefficient (Wildman–Crippen LogP) is 3.92. The van der Waals surface area contributed by atoms with Crippen molar-refractivity contribution >= 4 is 33.3 Å². The number of pyridine rings is 1. The van der Waals surface area contributed by atoms with Crippen LogP contribution in [-0.2, 0) is 6.42 Å². The molecule has 0 spiro atoms. The zero-order valence-electron chi connectivity index (χ0n) is 8.86. The normalized spacial score (nSPS) is 10.2. The van der Waals surface area contributed by atoms with Crippen LogP contribution in [0.15, 0.2) is 47.1 Å². The molecule has 0 unspecified atom stereocenters. The molecule has 1 aromatic carbocycles. The van der Waals surface area contributed by atoms with Crippen molar-refractivity contribution in [1.82, 2.24) is 4.98 Å². The molecule has 0 saturated heterocycles. The summed E-state index contributed by atoms with van der Waals surface area (Å²) in [5.74, 6) is -0.0326. The third-order valence-electron chi connectivity index (χ3n) is 2.32. The molecule has 0 fully saturated rings. The van der Waals surface area contributed by atoms with Gasteiger partial charge in [0.2, 0.25) is 0 Å². The molecule has 0 aliphatic rings. The molecule has 17 heavy (non-hydrogen) atoms. The smallest absolute Gasteiger partial charge is 0.185 e. The number of benzene rings is 1. The molecule has 0 N–H and O–H groups in total. The quantitative estimate of drug-likeness (QED) is 0.804. The topological polar surface area (TPSA) is 30.0 Å². The fraction of sp³-hybridized carbons (Fsp3) is 0.0769. The van der Waals surface area contributed by atoms with Gasteiger partial charge in [-0.3, -0.25) is 9.78 Å². The van der Waals surface area contributed by atoms with Gasteiger partial charge in [-0.1, -0.05) is 39.7 Å². The minimum atomic E-state index is -0.0326. The van der Waals surface area contributed by atoms with E-state index in [9.17, 15) is 4.79 Å². The van der Waals surface area contributed by atoms with E-state index in [2.05, 4.69) is 20.9 Å². The zero-order chi connectivity index (χ0) is 12.3. The number of rotatable bonds is 3. The number of hydrogen-bond acceptors (Lipinski definition) is 2. The average molecular weight is 311 g/mol. The monoisotopic (exact) mass is 309 g/mol. The number of hydrogen-bond donors (Lipinski definition) is 0. The zero-order valence-corrected chi connectivity index (χ0v) is 11.2. The molecule has 0 amide bonds. The second kappa shape index (κ2) is 5.43. The van der Waals surface area contributed by atoms with Crippen molar-refractivity contribution in [1.29, 1.82) is 0 Å². The first-order valence-electron chi connectivity index (χ1n) is 5.05. The maximum atomic E-state index is 11.9. The Labute approximate surface area is 113 Å². The number of halogens is 2. The van der Waals surface area contributed by atoms with E-state index in [1.165, 1.54) is 0 Å². The molecular formula is C13H9BrClNO. The van der Waals surface area contributed by atoms with Crippen molar-refractivity contribution < 1.29 is 4.79 Å². The fourth-order valence-corrected chi connectivity index (χ4v) is 2.20. The largest absolute Gasteiger partial charge is 0.292 e. The van der Waals surface area contributed by atoms with Crippen molar-refractivity contribution in [3.63, 3.8) is 0 Å². The van der Waals surface area contributed by atoms with Crippen LogP contribution in [0.3, 0.4) is 0 Å². The van der Waals surface area contributed by atoms with Gasteiger partial charge in [-0.15, -0.1) is 0 Å². The molecule has 2 nitrogen and oxygen atoms in total. The summed E-state index contributed by atoms with van der Waals surface area (Å²) >= 11 is 9.38. The number of nitrogens with zero attached hydrogens (tertiary/aromatic N) is 1. The van der Waals surface area contributed by atoms with Crippen LogP contribution in [0, 0.1) is 0 Å². The summed E-state index contributed by atoms with van der Waals surface area (Å²) in [6.07, 6.45) is 1.87. The summed E-state index contributed by atoms with van der Waals surface area (Å²) in [5.41, 5.74) is 1.28. The van der Waals surface area contributed by atoms with Gasteiger partial charge in [0.1, 0.15) is 5.69 Å². The summed E-state index contributed by atoms with van der Waals surface area (Å²) in [6, 6.07) is 10.8. The van der Waals surface area contributed by atoms with Crippen LogP contribution in [0.2, 0.25) is 5.02 Å². The summed E-state index contributed by atoms with van der Waals surface area (Å²) < 4.78 is 0.900. The Hall–Kier alpha value is -1.19. The van der Waals surface area contributed by atoms with Gasteiger partial charge >= 0.3 is 0 Å². The number of Topliss-reactive ketones (excluding diaryl/α,β-unsaturated/α-hetero) is 1. The van der Waals surface area contributed by atoms with E-state index >= 15 is 0 Å². The van der Waals surface area contributed by atoms with Gasteiger partial charge in [0.25, 0.3) is 0 Å². The highest BCUT2D eigenvalue weighted by atomic mass is 79.9. The Morgan fingerprint density at radius 2 is 2.12 bits per heavy atom. The molecule has 0 aliphatic carbocycles. The Morgan fingerprint density at radius 3 is 2.76 bits per heavy atom. The maximum Gasteiger partial charge on any atom is 0.185 e. The molecular weight excluding hydrogens is 302 g/mol. The van der Waals surface area contributed by atoms with Crippen LogP contribution < -0.4 is 0 Å². The van der Waals surface area contributed by atoms with Gasteiger partial charge in [0, 0.05) is 22.1 Å². The van der Waals surface area contributed by atoms with E-state index in [1.807, 2.05) is 12.1 Å². The van der Waals surface area contributed by atoms with Gasteiger partial charge in [0.05, 0.1) is 0 Å². The molecule has 1 heterocycles. The molecule has 2 rings (SSSR count). The van der Waals surface area contributed by atoms with E-state index < -0.39 is 0 Å². The van der Waals surface area contributed by atoms with Crippen molar-refractivity contribution in [3.8, 4) is 0 Å². The lowest BCUT2D eigenvalue weighted by Crippen LogP contribution is -2.05. The molecule has 0 bridgehead atoms. The first kappa shape index (κ1) is 12.3. The second-order valence-corrected chi connectivity index (χ2v) is 4.87. The summed E-state index contributed by atoms with van der Waals surface area (Å²) in [4.78, 5) is 15.9. The van der Waals surface area contributed by atoms with Crippen molar-refractivity contribution in [2.75, 3.05) is 0 Å². The molecule has 1 aromatic heterocycles. The first-order chi connectivity index (χ1) is 8.16. The standard InChI is InChI=1S/C13H9BrClNO/c14-10-5-4-9(11(15)8-10)7-13(17)12-3-1-2-6-16-12/h1-6,8H,7H2. The molecule has 0 saturated carbocycles. The molecule has 0 atom stereocenters. The predicted molar refractivity (Wildman–Crippen MR) is 71.4 cm³/mol. The fourth-order valence-electron chi connectivity index (χ4n) is 1.46. The lowest BCUT2D eigenvalue weighted by atomic mass is 10.1. The third kappa shape index (κ3) is 3.14. The van der Waals surface area contributed by atoms with Gasteiger partial charge in [0.15, 0.2) is 5.78 Å². The van der Waals surface area contributed by atoms with Gasteiger partial charge in [-0.05, 0) is 29.8 Å². The second-order valence-electron chi connectivity index (χ2n) is 3.55. The SMILES string of the molecule is O=C(Cc1ccc(Br)cc1Cl)c1ccccn1. The highest BCUT2D eigenvalue weighted by molar-refractivity contribution is 9.10. The van der Waals surface area contributed by atoms with E-state index in [-0.39, 0.29) is 12.2 Å². The van der Waals surface area contributed by atoms with Gasteiger partial charge in [-0.25, -0.2) is 0 Å². The van der Waals surface area contributed by atoms with Crippen molar-refractivity contribution in [3.05, 3.63) is 63.3 Å². The number of ketones is 1. The lowest BCUT2D eigenvalue weighted by molar-refractivity contribution is 0.0988. The number of carbonyl (C=O) groups is 1. The van der Waals surface area contributed by atoms with E-state index in [0.717, 1.165) is 10.0 Å². The number of aromatic nitrogens is 1. The Kier molecular flexibility index (Phi) is 3.92. The molecule has 2 aromatic rings. The maximum absolute atomic E-state index is 11.9. The first-order valence-corrected chi connectivity index (χ1v) is 6.22. The lowest BCUT2D eigenvalue weighted by Gasteiger charge is -2.03. The minimum absolute atomic E-state index is 0.0326. The Bertz CT molecular complexity index is 542. The van der Waals surface area contributed by atoms with E-state index in [0.29, 0.717) is 10.7 Å². The van der Waals surface area contributed by atoms with E-state index in [1.54, 1.807) is 30.5 Å². The van der Waals surface area contributed by atoms with Crippen LogP contribution >= 0.6 is 27.5 Å². The van der Waals surface area contributed by atoms with Crippen LogP contribution in [0.1, 0.15) is 16.1 Å². The molecule has 86 valence electrons. The Balaban J connectivity index is 2.19. The van der Waals surface area contributed by atoms with Crippen molar-refractivity contribution in [2.24, 2.45) is 0 Å². The van der Waals surface area contributed by atoms with Crippen molar-refractivity contribution in [2.45, 2.75) is 6.42 Å². The third-order valence-corrected chi connectivity index (χ3v) is 3.16. The van der Waals surface area contributed by atoms with Gasteiger partial charge < -0.3 is 0 Å².